The maximum absolute atomic E-state index is 13.0. The van der Waals surface area contributed by atoms with Gasteiger partial charge in [-0.3, -0.25) is 4.79 Å². The molecule has 2 heterocycles. The van der Waals surface area contributed by atoms with Crippen LogP contribution >= 0.6 is 0 Å². The molecule has 2 aromatic carbocycles. The molecule has 0 aliphatic carbocycles. The van der Waals surface area contributed by atoms with Crippen LogP contribution in [0.2, 0.25) is 0 Å². The molecule has 0 radical (unpaired) electrons. The molecule has 1 saturated heterocycles. The van der Waals surface area contributed by atoms with E-state index >= 15 is 0 Å². The van der Waals surface area contributed by atoms with Crippen LogP contribution < -0.4 is 0 Å². The number of sulfonamides is 1. The molecule has 0 bridgehead atoms. The highest BCUT2D eigenvalue weighted by Crippen LogP contribution is 2.24. The normalized spacial score (nSPS) is 15.3. The second kappa shape index (κ2) is 8.28. The Balaban J connectivity index is 1.47. The molecule has 0 N–H and O–H groups in total. The van der Waals surface area contributed by atoms with E-state index in [4.69, 9.17) is 4.42 Å². The van der Waals surface area contributed by atoms with Crippen LogP contribution in [-0.4, -0.2) is 54.7 Å². The largest absolute Gasteiger partial charge is 0.441 e. The van der Waals surface area contributed by atoms with E-state index in [9.17, 15) is 13.2 Å². The van der Waals surface area contributed by atoms with Crippen LogP contribution in [-0.2, 0) is 10.0 Å². The van der Waals surface area contributed by atoms with E-state index in [0.29, 0.717) is 24.7 Å². The van der Waals surface area contributed by atoms with Crippen molar-refractivity contribution < 1.29 is 17.6 Å². The number of piperazine rings is 1. The summed E-state index contributed by atoms with van der Waals surface area (Å²) in [5, 5.41) is 0. The van der Waals surface area contributed by atoms with Crippen molar-refractivity contribution in [2.75, 3.05) is 26.2 Å². The highest BCUT2D eigenvalue weighted by atomic mass is 32.2. The summed E-state index contributed by atoms with van der Waals surface area (Å²) in [7, 11) is -3.59. The summed E-state index contributed by atoms with van der Waals surface area (Å²) in [5.74, 6) is 0.609. The van der Waals surface area contributed by atoms with Crippen molar-refractivity contribution in [2.24, 2.45) is 0 Å². The highest BCUT2D eigenvalue weighted by molar-refractivity contribution is 7.89. The summed E-state index contributed by atoms with van der Waals surface area (Å²) >= 11 is 0. The zero-order valence-electron chi connectivity index (χ0n) is 17.8. The molecule has 1 aromatic heterocycles. The van der Waals surface area contributed by atoms with E-state index in [-0.39, 0.29) is 29.6 Å². The first-order valence-electron chi connectivity index (χ1n) is 10.2. The minimum absolute atomic E-state index is 0.240. The zero-order chi connectivity index (χ0) is 22.2. The molecule has 31 heavy (non-hydrogen) atoms. The molecular weight excluding hydrogens is 414 g/mol. The van der Waals surface area contributed by atoms with Gasteiger partial charge in [-0.05, 0) is 56.2 Å². The lowest BCUT2D eigenvalue weighted by atomic mass is 10.1. The molecule has 8 heteroatoms. The smallest absolute Gasteiger partial charge is 0.276 e. The molecule has 7 nitrogen and oxygen atoms in total. The fourth-order valence-corrected chi connectivity index (χ4v) is 5.11. The Hall–Kier alpha value is -2.97. The van der Waals surface area contributed by atoms with E-state index in [0.717, 1.165) is 16.7 Å². The van der Waals surface area contributed by atoms with E-state index < -0.39 is 10.0 Å². The lowest BCUT2D eigenvalue weighted by molar-refractivity contribution is 0.0691. The second-order valence-corrected chi connectivity index (χ2v) is 9.67. The molecule has 4 rings (SSSR count). The quantitative estimate of drug-likeness (QED) is 0.622. The van der Waals surface area contributed by atoms with Gasteiger partial charge in [0.1, 0.15) is 5.76 Å². The number of aromatic nitrogens is 1. The number of nitrogens with zero attached hydrogens (tertiary/aromatic N) is 3. The standard InChI is InChI=1S/C23H25N3O4S/c1-16-9-10-20(15-17(16)2)31(28,29)26-13-11-25(12-14-26)23(27)21-18(3)30-22(24-21)19-7-5-4-6-8-19/h4-10,15H,11-14H2,1-3H3. The number of hydrogen-bond acceptors (Lipinski definition) is 5. The first-order valence-corrected chi connectivity index (χ1v) is 11.6. The second-order valence-electron chi connectivity index (χ2n) is 7.73. The molecule has 0 unspecified atom stereocenters. The summed E-state index contributed by atoms with van der Waals surface area (Å²) in [6.45, 7) is 6.64. The molecule has 3 aromatic rings. The van der Waals surface area contributed by atoms with Crippen LogP contribution in [0.25, 0.3) is 11.5 Å². The monoisotopic (exact) mass is 439 g/mol. The molecule has 1 fully saturated rings. The number of carbonyl (C=O) groups is 1. The van der Waals surface area contributed by atoms with Crippen molar-refractivity contribution in [3.63, 3.8) is 0 Å². The minimum atomic E-state index is -3.59. The number of rotatable bonds is 4. The van der Waals surface area contributed by atoms with Crippen LogP contribution in [0.15, 0.2) is 57.8 Å². The van der Waals surface area contributed by atoms with Crippen molar-refractivity contribution in [3.8, 4) is 11.5 Å². The van der Waals surface area contributed by atoms with Gasteiger partial charge in [0.05, 0.1) is 4.90 Å². The van der Waals surface area contributed by atoms with Gasteiger partial charge < -0.3 is 9.32 Å². The summed E-state index contributed by atoms with van der Waals surface area (Å²) in [6, 6.07) is 14.6. The van der Waals surface area contributed by atoms with Gasteiger partial charge in [-0.25, -0.2) is 13.4 Å². The van der Waals surface area contributed by atoms with Crippen molar-refractivity contribution in [2.45, 2.75) is 25.7 Å². The third-order valence-electron chi connectivity index (χ3n) is 5.66. The van der Waals surface area contributed by atoms with Gasteiger partial charge in [0.15, 0.2) is 5.69 Å². The zero-order valence-corrected chi connectivity index (χ0v) is 18.6. The molecule has 0 spiro atoms. The number of hydrogen-bond donors (Lipinski definition) is 0. The van der Waals surface area contributed by atoms with Crippen molar-refractivity contribution in [1.82, 2.24) is 14.2 Å². The minimum Gasteiger partial charge on any atom is -0.441 e. The number of benzene rings is 2. The maximum Gasteiger partial charge on any atom is 0.276 e. The number of carbonyl (C=O) groups excluding carboxylic acids is 1. The fraction of sp³-hybridized carbons (Fsp3) is 0.304. The summed E-state index contributed by atoms with van der Waals surface area (Å²) in [6.07, 6.45) is 0. The molecule has 0 saturated carbocycles. The molecule has 1 aliphatic heterocycles. The Morgan fingerprint density at radius 1 is 0.935 bits per heavy atom. The van der Waals surface area contributed by atoms with E-state index in [2.05, 4.69) is 4.98 Å². The lowest BCUT2D eigenvalue weighted by Gasteiger charge is -2.33. The number of aryl methyl sites for hydroxylation is 3. The Morgan fingerprint density at radius 2 is 1.61 bits per heavy atom. The predicted molar refractivity (Wildman–Crippen MR) is 117 cm³/mol. The van der Waals surface area contributed by atoms with Gasteiger partial charge in [0.2, 0.25) is 15.9 Å². The van der Waals surface area contributed by atoms with Crippen LogP contribution in [0.1, 0.15) is 27.4 Å². The Morgan fingerprint density at radius 3 is 2.26 bits per heavy atom. The molecule has 1 aliphatic rings. The van der Waals surface area contributed by atoms with Crippen molar-refractivity contribution in [3.05, 3.63) is 71.1 Å². The number of oxazole rings is 1. The third kappa shape index (κ3) is 4.13. The van der Waals surface area contributed by atoms with Gasteiger partial charge >= 0.3 is 0 Å². The first-order chi connectivity index (χ1) is 14.8. The van der Waals surface area contributed by atoms with Crippen LogP contribution in [0.4, 0.5) is 0 Å². The van der Waals surface area contributed by atoms with Crippen molar-refractivity contribution >= 4 is 15.9 Å². The van der Waals surface area contributed by atoms with Crippen LogP contribution in [0, 0.1) is 20.8 Å². The Bertz CT molecular complexity index is 1210. The van der Waals surface area contributed by atoms with Crippen molar-refractivity contribution in [1.29, 1.82) is 0 Å². The summed E-state index contributed by atoms with van der Waals surface area (Å²) in [5.41, 5.74) is 3.05. The Labute approximate surface area is 182 Å². The van der Waals surface area contributed by atoms with E-state index in [1.165, 1.54) is 4.31 Å². The lowest BCUT2D eigenvalue weighted by Crippen LogP contribution is -2.50. The summed E-state index contributed by atoms with van der Waals surface area (Å²) in [4.78, 5) is 19.3. The number of amides is 1. The predicted octanol–water partition coefficient (Wildman–Crippen LogP) is 3.41. The third-order valence-corrected chi connectivity index (χ3v) is 7.56. The van der Waals surface area contributed by atoms with Gasteiger partial charge in [-0.2, -0.15) is 4.31 Å². The fourth-order valence-electron chi connectivity index (χ4n) is 3.60. The average Bonchev–Trinajstić information content (AvgIpc) is 3.17. The SMILES string of the molecule is Cc1ccc(S(=O)(=O)N2CCN(C(=O)c3nc(-c4ccccc4)oc3C)CC2)cc1C. The van der Waals surface area contributed by atoms with Gasteiger partial charge in [0.25, 0.3) is 5.91 Å². The maximum atomic E-state index is 13.0. The van der Waals surface area contributed by atoms with Crippen LogP contribution in [0.3, 0.4) is 0 Å². The topological polar surface area (TPSA) is 83.7 Å². The molecule has 0 atom stereocenters. The highest BCUT2D eigenvalue weighted by Gasteiger charge is 2.32. The van der Waals surface area contributed by atoms with Gasteiger partial charge in [-0.1, -0.05) is 24.3 Å². The van der Waals surface area contributed by atoms with Gasteiger partial charge in [0, 0.05) is 31.7 Å². The molecular formula is C23H25N3O4S. The van der Waals surface area contributed by atoms with Crippen LogP contribution in [0.5, 0.6) is 0 Å². The van der Waals surface area contributed by atoms with E-state index in [1.54, 1.807) is 24.0 Å². The molecule has 162 valence electrons. The summed E-state index contributed by atoms with van der Waals surface area (Å²) < 4.78 is 33.2. The Kier molecular flexibility index (Phi) is 5.68. The first kappa shape index (κ1) is 21.3. The van der Waals surface area contributed by atoms with Gasteiger partial charge in [-0.15, -0.1) is 0 Å². The molecule has 1 amide bonds. The average molecular weight is 440 g/mol. The van der Waals surface area contributed by atoms with E-state index in [1.807, 2.05) is 50.2 Å².